The van der Waals surface area contributed by atoms with Gasteiger partial charge in [0.05, 0.1) is 0 Å². The Morgan fingerprint density at radius 1 is 0.484 bits per heavy atom. The van der Waals surface area contributed by atoms with Crippen LogP contribution in [0.5, 0.6) is 0 Å². The average Bonchev–Trinajstić information content (AvgIpc) is 2.85. The zero-order valence-electron chi connectivity index (χ0n) is 16.4. The average molecular weight is 422 g/mol. The second kappa shape index (κ2) is 8.42. The van der Waals surface area contributed by atoms with Crippen molar-refractivity contribution in [1.82, 2.24) is 24.9 Å². The van der Waals surface area contributed by atoms with Crippen LogP contribution in [0, 0.1) is 0 Å². The first-order valence-corrected chi connectivity index (χ1v) is 10.1. The molecule has 0 aliphatic heterocycles. The molecule has 0 saturated carbocycles. The van der Waals surface area contributed by atoms with Crippen LogP contribution in [-0.4, -0.2) is 24.9 Å². The normalized spacial score (nSPS) is 10.7. The van der Waals surface area contributed by atoms with Gasteiger partial charge < -0.3 is 0 Å². The van der Waals surface area contributed by atoms with Gasteiger partial charge in [0.1, 0.15) is 0 Å². The van der Waals surface area contributed by atoms with Crippen LogP contribution in [0.25, 0.3) is 45.0 Å². The second-order valence-corrected chi connectivity index (χ2v) is 7.23. The fourth-order valence-electron chi connectivity index (χ4n) is 3.35. The van der Waals surface area contributed by atoms with Crippen molar-refractivity contribution in [2.45, 2.75) is 0 Å². The molecule has 0 spiro atoms. The van der Waals surface area contributed by atoms with Crippen molar-refractivity contribution in [3.05, 3.63) is 103 Å². The van der Waals surface area contributed by atoms with E-state index in [9.17, 15) is 0 Å². The second-order valence-electron chi connectivity index (χ2n) is 6.90. The monoisotopic (exact) mass is 421 g/mol. The van der Waals surface area contributed by atoms with Crippen molar-refractivity contribution >= 4 is 11.6 Å². The van der Waals surface area contributed by atoms with Crippen LogP contribution in [0.4, 0.5) is 0 Å². The van der Waals surface area contributed by atoms with Gasteiger partial charge in [-0.25, -0.2) is 4.98 Å². The summed E-state index contributed by atoms with van der Waals surface area (Å²) in [4.78, 5) is 21.8. The molecule has 0 saturated heterocycles. The van der Waals surface area contributed by atoms with E-state index in [1.807, 2.05) is 85.2 Å². The number of benzene rings is 2. The van der Waals surface area contributed by atoms with E-state index < -0.39 is 0 Å². The van der Waals surface area contributed by atoms with Crippen molar-refractivity contribution in [3.63, 3.8) is 0 Å². The number of pyridine rings is 2. The Labute approximate surface area is 184 Å². The molecule has 148 valence electrons. The molecule has 31 heavy (non-hydrogen) atoms. The van der Waals surface area contributed by atoms with Crippen LogP contribution < -0.4 is 0 Å². The summed E-state index contributed by atoms with van der Waals surface area (Å²) in [6.07, 6.45) is 7.17. The largest absolute Gasteiger partial charge is 0.264 e. The third kappa shape index (κ3) is 4.17. The summed E-state index contributed by atoms with van der Waals surface area (Å²) in [5, 5.41) is 0.151. The molecule has 0 unspecified atom stereocenters. The molecule has 0 amide bonds. The topological polar surface area (TPSA) is 64.5 Å². The highest BCUT2D eigenvalue weighted by molar-refractivity contribution is 6.28. The molecular formula is C25H16ClN5. The Morgan fingerprint density at radius 2 is 0.935 bits per heavy atom. The van der Waals surface area contributed by atoms with Gasteiger partial charge in [-0.05, 0) is 47.0 Å². The highest BCUT2D eigenvalue weighted by atomic mass is 35.5. The van der Waals surface area contributed by atoms with Gasteiger partial charge in [0, 0.05) is 47.0 Å². The lowest BCUT2D eigenvalue weighted by molar-refractivity contribution is 1.07. The first-order valence-electron chi connectivity index (χ1n) is 9.69. The van der Waals surface area contributed by atoms with Gasteiger partial charge in [0.15, 0.2) is 11.6 Å². The smallest absolute Gasteiger partial charge is 0.226 e. The van der Waals surface area contributed by atoms with Gasteiger partial charge in [-0.15, -0.1) is 0 Å². The Hall–Kier alpha value is -3.96. The van der Waals surface area contributed by atoms with Gasteiger partial charge in [-0.2, -0.15) is 9.97 Å². The predicted molar refractivity (Wildman–Crippen MR) is 122 cm³/mol. The van der Waals surface area contributed by atoms with Crippen LogP contribution in [0.2, 0.25) is 5.28 Å². The van der Waals surface area contributed by atoms with Gasteiger partial charge >= 0.3 is 0 Å². The van der Waals surface area contributed by atoms with Crippen molar-refractivity contribution in [2.75, 3.05) is 0 Å². The van der Waals surface area contributed by atoms with E-state index in [4.69, 9.17) is 16.6 Å². The number of halogens is 1. The minimum atomic E-state index is 0.151. The molecule has 0 atom stereocenters. The molecule has 5 nitrogen and oxygen atoms in total. The standard InChI is InChI=1S/C25H16ClN5/c26-25-30-23(19-7-1-5-17(13-19)21-9-3-11-27-15-21)29-24(31-25)20-8-2-6-18(14-20)22-10-4-12-28-16-22/h1-16H. The van der Waals surface area contributed by atoms with Crippen LogP contribution in [0.3, 0.4) is 0 Å². The zero-order valence-corrected chi connectivity index (χ0v) is 17.1. The molecule has 3 aromatic heterocycles. The minimum absolute atomic E-state index is 0.151. The molecular weight excluding hydrogens is 406 g/mol. The lowest BCUT2D eigenvalue weighted by Crippen LogP contribution is -1.97. The van der Waals surface area contributed by atoms with E-state index >= 15 is 0 Å². The van der Waals surface area contributed by atoms with E-state index in [2.05, 4.69) is 19.9 Å². The summed E-state index contributed by atoms with van der Waals surface area (Å²) in [6.45, 7) is 0. The molecule has 0 fully saturated rings. The summed E-state index contributed by atoms with van der Waals surface area (Å²) < 4.78 is 0. The maximum absolute atomic E-state index is 6.28. The number of hydrogen-bond donors (Lipinski definition) is 0. The van der Waals surface area contributed by atoms with E-state index in [0.29, 0.717) is 11.6 Å². The van der Waals surface area contributed by atoms with Crippen molar-refractivity contribution in [3.8, 4) is 45.0 Å². The quantitative estimate of drug-likeness (QED) is 0.357. The van der Waals surface area contributed by atoms with Gasteiger partial charge in [-0.3, -0.25) is 9.97 Å². The Morgan fingerprint density at radius 3 is 1.39 bits per heavy atom. The molecule has 2 aromatic carbocycles. The van der Waals surface area contributed by atoms with Crippen molar-refractivity contribution in [1.29, 1.82) is 0 Å². The summed E-state index contributed by atoms with van der Waals surface area (Å²) in [6, 6.07) is 23.8. The summed E-state index contributed by atoms with van der Waals surface area (Å²) in [5.41, 5.74) is 5.82. The van der Waals surface area contributed by atoms with Gasteiger partial charge in [0.2, 0.25) is 5.28 Å². The van der Waals surface area contributed by atoms with Crippen molar-refractivity contribution in [2.24, 2.45) is 0 Å². The van der Waals surface area contributed by atoms with E-state index in [1.165, 1.54) is 0 Å². The molecule has 0 bridgehead atoms. The zero-order chi connectivity index (χ0) is 21.0. The number of rotatable bonds is 4. The Bertz CT molecular complexity index is 1240. The lowest BCUT2D eigenvalue weighted by Gasteiger charge is -2.08. The SMILES string of the molecule is Clc1nc(-c2cccc(-c3cccnc3)c2)nc(-c2cccc(-c3cccnc3)c2)n1. The van der Waals surface area contributed by atoms with Crippen molar-refractivity contribution < 1.29 is 0 Å². The third-order valence-electron chi connectivity index (χ3n) is 4.84. The summed E-state index contributed by atoms with van der Waals surface area (Å²) >= 11 is 6.28. The maximum atomic E-state index is 6.28. The number of hydrogen-bond acceptors (Lipinski definition) is 5. The number of aromatic nitrogens is 5. The first kappa shape index (κ1) is 19.0. The maximum Gasteiger partial charge on any atom is 0.226 e. The highest BCUT2D eigenvalue weighted by Gasteiger charge is 2.11. The van der Waals surface area contributed by atoms with Crippen LogP contribution >= 0.6 is 11.6 Å². The molecule has 0 radical (unpaired) electrons. The lowest BCUT2D eigenvalue weighted by atomic mass is 10.0. The summed E-state index contributed by atoms with van der Waals surface area (Å²) in [5.74, 6) is 1.04. The van der Waals surface area contributed by atoms with Crippen LogP contribution in [0.15, 0.2) is 97.6 Å². The molecule has 0 aliphatic rings. The molecule has 5 aromatic rings. The Balaban J connectivity index is 1.56. The number of nitrogens with zero attached hydrogens (tertiary/aromatic N) is 5. The van der Waals surface area contributed by atoms with E-state index in [1.54, 1.807) is 12.4 Å². The van der Waals surface area contributed by atoms with E-state index in [-0.39, 0.29) is 5.28 Å². The van der Waals surface area contributed by atoms with Gasteiger partial charge in [0.25, 0.3) is 0 Å². The molecule has 0 aliphatic carbocycles. The highest BCUT2D eigenvalue weighted by Crippen LogP contribution is 2.28. The molecule has 6 heteroatoms. The Kier molecular flexibility index (Phi) is 5.17. The van der Waals surface area contributed by atoms with E-state index in [0.717, 1.165) is 33.4 Å². The fraction of sp³-hybridized carbons (Fsp3) is 0. The molecule has 5 rings (SSSR count). The minimum Gasteiger partial charge on any atom is -0.264 e. The third-order valence-corrected chi connectivity index (χ3v) is 5.01. The predicted octanol–water partition coefficient (Wildman–Crippen LogP) is 5.98. The fourth-order valence-corrected chi connectivity index (χ4v) is 3.51. The van der Waals surface area contributed by atoms with Crippen LogP contribution in [-0.2, 0) is 0 Å². The first-order chi connectivity index (χ1) is 15.3. The van der Waals surface area contributed by atoms with Crippen LogP contribution in [0.1, 0.15) is 0 Å². The molecule has 3 heterocycles. The molecule has 0 N–H and O–H groups in total. The van der Waals surface area contributed by atoms with Gasteiger partial charge in [-0.1, -0.05) is 48.5 Å². The summed E-state index contributed by atoms with van der Waals surface area (Å²) in [7, 11) is 0.